The van der Waals surface area contributed by atoms with Crippen molar-refractivity contribution in [3.63, 3.8) is 0 Å². The number of alkyl halides is 3. The van der Waals surface area contributed by atoms with E-state index in [1.165, 1.54) is 24.5 Å². The van der Waals surface area contributed by atoms with Crippen LogP contribution in [-0.4, -0.2) is 22.3 Å². The molecular weight excluding hydrogens is 379 g/mol. The molecular formula is C22H20F3N3O. The molecule has 1 heterocycles. The number of carbonyl (C=O) groups excluding carboxylic acids is 1. The molecule has 3 rings (SSSR count). The lowest BCUT2D eigenvalue weighted by molar-refractivity contribution is -0.137. The van der Waals surface area contributed by atoms with Crippen molar-refractivity contribution < 1.29 is 18.0 Å². The topological polar surface area (TPSA) is 45.2 Å². The van der Waals surface area contributed by atoms with Gasteiger partial charge in [-0.15, -0.1) is 0 Å². The van der Waals surface area contributed by atoms with Crippen LogP contribution in [-0.2, 0) is 12.7 Å². The monoisotopic (exact) mass is 399 g/mol. The molecule has 4 nitrogen and oxygen atoms in total. The molecule has 0 radical (unpaired) electrons. The van der Waals surface area contributed by atoms with Crippen molar-refractivity contribution in [3.05, 3.63) is 89.7 Å². The number of hydrogen-bond donors (Lipinski definition) is 1. The van der Waals surface area contributed by atoms with Gasteiger partial charge in [0, 0.05) is 25.0 Å². The fraction of sp³-hybridized carbons (Fsp3) is 0.182. The molecule has 0 aliphatic carbocycles. The second-order valence-electron chi connectivity index (χ2n) is 6.47. The normalized spacial score (nSPS) is 11.2. The fourth-order valence-electron chi connectivity index (χ4n) is 2.88. The Bertz CT molecular complexity index is 974. The Morgan fingerprint density at radius 1 is 1.00 bits per heavy atom. The zero-order valence-corrected chi connectivity index (χ0v) is 15.8. The van der Waals surface area contributed by atoms with E-state index in [1.807, 2.05) is 37.3 Å². The summed E-state index contributed by atoms with van der Waals surface area (Å²) in [5.74, 6) is -0.198. The number of carbonyl (C=O) groups is 1. The summed E-state index contributed by atoms with van der Waals surface area (Å²) in [5.41, 5.74) is 1.32. The van der Waals surface area contributed by atoms with E-state index in [2.05, 4.69) is 10.3 Å². The van der Waals surface area contributed by atoms with Crippen LogP contribution >= 0.6 is 0 Å². The highest BCUT2D eigenvalue weighted by Gasteiger charge is 2.30. The maximum absolute atomic E-state index is 12.9. The molecule has 0 spiro atoms. The first-order valence-electron chi connectivity index (χ1n) is 9.09. The standard InChI is InChI=1S/C22H20F3N3O/c1-2-28(15-16-7-4-3-5-8-16)21(29)17-11-20(14-26-13-17)27-19-10-6-9-18(12-19)22(23,24)25/h3-14,27H,2,15H2,1H3. The molecule has 1 N–H and O–H groups in total. The van der Waals surface area contributed by atoms with Crippen LogP contribution in [0.4, 0.5) is 24.5 Å². The SMILES string of the molecule is CCN(Cc1ccccc1)C(=O)c1cncc(Nc2cccc(C(F)(F)F)c2)c1. The van der Waals surface area contributed by atoms with Gasteiger partial charge in [0.15, 0.2) is 0 Å². The lowest BCUT2D eigenvalue weighted by atomic mass is 10.1. The van der Waals surface area contributed by atoms with E-state index in [4.69, 9.17) is 0 Å². The van der Waals surface area contributed by atoms with E-state index in [-0.39, 0.29) is 11.6 Å². The highest BCUT2D eigenvalue weighted by atomic mass is 19.4. The van der Waals surface area contributed by atoms with Crippen LogP contribution < -0.4 is 5.32 Å². The largest absolute Gasteiger partial charge is 0.416 e. The van der Waals surface area contributed by atoms with Gasteiger partial charge >= 0.3 is 6.18 Å². The minimum Gasteiger partial charge on any atom is -0.354 e. The first-order chi connectivity index (χ1) is 13.9. The van der Waals surface area contributed by atoms with Gasteiger partial charge in [-0.2, -0.15) is 13.2 Å². The number of nitrogens with zero attached hydrogens (tertiary/aromatic N) is 2. The number of rotatable bonds is 6. The van der Waals surface area contributed by atoms with Crippen LogP contribution in [0.15, 0.2) is 73.1 Å². The number of hydrogen-bond acceptors (Lipinski definition) is 3. The van der Waals surface area contributed by atoms with Crippen molar-refractivity contribution in [2.75, 3.05) is 11.9 Å². The summed E-state index contributed by atoms with van der Waals surface area (Å²) in [5, 5.41) is 2.89. The van der Waals surface area contributed by atoms with E-state index in [0.29, 0.717) is 24.3 Å². The summed E-state index contributed by atoms with van der Waals surface area (Å²) in [6.45, 7) is 2.86. The Morgan fingerprint density at radius 3 is 2.45 bits per heavy atom. The van der Waals surface area contributed by atoms with Gasteiger partial charge in [-0.05, 0) is 36.8 Å². The van der Waals surface area contributed by atoms with E-state index < -0.39 is 11.7 Å². The molecule has 1 aromatic heterocycles. The highest BCUT2D eigenvalue weighted by Crippen LogP contribution is 2.31. The molecule has 0 aliphatic heterocycles. The summed E-state index contributed by atoms with van der Waals surface area (Å²) in [6.07, 6.45) is -1.51. The summed E-state index contributed by atoms with van der Waals surface area (Å²) in [4.78, 5) is 18.6. The van der Waals surface area contributed by atoms with Gasteiger partial charge in [0.1, 0.15) is 0 Å². The van der Waals surface area contributed by atoms with Crippen LogP contribution in [0.25, 0.3) is 0 Å². The number of anilines is 2. The summed E-state index contributed by atoms with van der Waals surface area (Å²) >= 11 is 0. The van der Waals surface area contributed by atoms with Gasteiger partial charge in [-0.25, -0.2) is 0 Å². The molecule has 0 fully saturated rings. The zero-order chi connectivity index (χ0) is 20.9. The quantitative estimate of drug-likeness (QED) is 0.595. The average Bonchev–Trinajstić information content (AvgIpc) is 2.72. The third-order valence-electron chi connectivity index (χ3n) is 4.35. The second kappa shape index (κ2) is 8.77. The Morgan fingerprint density at radius 2 is 1.76 bits per heavy atom. The van der Waals surface area contributed by atoms with Crippen LogP contribution in [0.5, 0.6) is 0 Å². The summed E-state index contributed by atoms with van der Waals surface area (Å²) < 4.78 is 38.7. The lowest BCUT2D eigenvalue weighted by Gasteiger charge is -2.21. The summed E-state index contributed by atoms with van der Waals surface area (Å²) in [7, 11) is 0. The second-order valence-corrected chi connectivity index (χ2v) is 6.47. The van der Waals surface area contributed by atoms with E-state index in [9.17, 15) is 18.0 Å². The Balaban J connectivity index is 1.77. The first kappa shape index (κ1) is 20.4. The molecule has 3 aromatic rings. The number of pyridine rings is 1. The van der Waals surface area contributed by atoms with Gasteiger partial charge in [0.05, 0.1) is 23.0 Å². The van der Waals surface area contributed by atoms with Gasteiger partial charge in [0.25, 0.3) is 5.91 Å². The number of nitrogens with one attached hydrogen (secondary N) is 1. The van der Waals surface area contributed by atoms with Gasteiger partial charge in [0.2, 0.25) is 0 Å². The third kappa shape index (κ3) is 5.34. The van der Waals surface area contributed by atoms with Crippen LogP contribution in [0.1, 0.15) is 28.4 Å². The van der Waals surface area contributed by atoms with Crippen molar-refractivity contribution in [1.29, 1.82) is 0 Å². The van der Waals surface area contributed by atoms with Crippen LogP contribution in [0, 0.1) is 0 Å². The van der Waals surface area contributed by atoms with Crippen LogP contribution in [0.2, 0.25) is 0 Å². The number of aromatic nitrogens is 1. The summed E-state index contributed by atoms with van der Waals surface area (Å²) in [6, 6.07) is 16.1. The van der Waals surface area contributed by atoms with Crippen molar-refractivity contribution >= 4 is 17.3 Å². The van der Waals surface area contributed by atoms with Crippen molar-refractivity contribution in [2.24, 2.45) is 0 Å². The highest BCUT2D eigenvalue weighted by molar-refractivity contribution is 5.94. The van der Waals surface area contributed by atoms with Gasteiger partial charge in [-0.3, -0.25) is 9.78 Å². The lowest BCUT2D eigenvalue weighted by Crippen LogP contribution is -2.30. The molecule has 0 bridgehead atoms. The van der Waals surface area contributed by atoms with E-state index in [0.717, 1.165) is 17.7 Å². The maximum Gasteiger partial charge on any atom is 0.416 e. The minimum atomic E-state index is -4.42. The third-order valence-corrected chi connectivity index (χ3v) is 4.35. The predicted molar refractivity (Wildman–Crippen MR) is 106 cm³/mol. The Hall–Kier alpha value is -3.35. The molecule has 1 amide bonds. The number of benzene rings is 2. The van der Waals surface area contributed by atoms with Crippen molar-refractivity contribution in [3.8, 4) is 0 Å². The molecule has 0 atom stereocenters. The van der Waals surface area contributed by atoms with E-state index >= 15 is 0 Å². The fourth-order valence-corrected chi connectivity index (χ4v) is 2.88. The molecule has 150 valence electrons. The van der Waals surface area contributed by atoms with Crippen molar-refractivity contribution in [2.45, 2.75) is 19.6 Å². The zero-order valence-electron chi connectivity index (χ0n) is 15.8. The molecule has 0 aliphatic rings. The average molecular weight is 399 g/mol. The number of halogens is 3. The minimum absolute atomic E-state index is 0.198. The predicted octanol–water partition coefficient (Wildman–Crippen LogP) is 5.51. The first-order valence-corrected chi connectivity index (χ1v) is 9.09. The van der Waals surface area contributed by atoms with E-state index in [1.54, 1.807) is 11.0 Å². The molecule has 2 aromatic carbocycles. The van der Waals surface area contributed by atoms with Crippen molar-refractivity contribution in [1.82, 2.24) is 9.88 Å². The van der Waals surface area contributed by atoms with Gasteiger partial charge in [-0.1, -0.05) is 36.4 Å². The molecule has 0 saturated heterocycles. The number of amides is 1. The Labute approximate surface area is 167 Å². The maximum atomic E-state index is 12.9. The smallest absolute Gasteiger partial charge is 0.354 e. The Kier molecular flexibility index (Phi) is 6.16. The molecule has 29 heavy (non-hydrogen) atoms. The molecule has 0 unspecified atom stereocenters. The van der Waals surface area contributed by atoms with Crippen LogP contribution in [0.3, 0.4) is 0 Å². The van der Waals surface area contributed by atoms with Gasteiger partial charge < -0.3 is 10.2 Å². The molecule has 7 heteroatoms. The molecule has 0 saturated carbocycles.